The molecule has 1 heterocycles. The van der Waals surface area contributed by atoms with Gasteiger partial charge in [0.15, 0.2) is 17.5 Å². The zero-order valence-electron chi connectivity index (χ0n) is 14.9. The maximum atomic E-state index is 13.7. The van der Waals surface area contributed by atoms with E-state index in [1.807, 2.05) is 25.1 Å². The van der Waals surface area contributed by atoms with E-state index < -0.39 is 11.6 Å². The van der Waals surface area contributed by atoms with Crippen LogP contribution in [-0.2, 0) is 13.0 Å². The van der Waals surface area contributed by atoms with Crippen LogP contribution in [0.15, 0.2) is 41.4 Å². The van der Waals surface area contributed by atoms with Crippen LogP contribution >= 0.6 is 24.0 Å². The summed E-state index contributed by atoms with van der Waals surface area (Å²) in [7, 11) is 0. The van der Waals surface area contributed by atoms with Crippen LogP contribution in [0.5, 0.6) is 11.5 Å². The number of guanidine groups is 1. The van der Waals surface area contributed by atoms with Crippen LogP contribution in [-0.4, -0.2) is 25.8 Å². The fraction of sp³-hybridized carbons (Fsp3) is 0.316. The fourth-order valence-corrected chi connectivity index (χ4v) is 2.59. The Morgan fingerprint density at radius 3 is 2.70 bits per heavy atom. The third-order valence-electron chi connectivity index (χ3n) is 3.90. The molecule has 8 heteroatoms. The van der Waals surface area contributed by atoms with Crippen LogP contribution in [0.3, 0.4) is 0 Å². The van der Waals surface area contributed by atoms with Gasteiger partial charge < -0.3 is 20.1 Å². The van der Waals surface area contributed by atoms with Crippen molar-refractivity contribution in [3.05, 3.63) is 59.2 Å². The van der Waals surface area contributed by atoms with Crippen molar-refractivity contribution in [2.45, 2.75) is 19.9 Å². The molecule has 0 aliphatic carbocycles. The quantitative estimate of drug-likeness (QED) is 0.370. The summed E-state index contributed by atoms with van der Waals surface area (Å²) >= 11 is 0. The van der Waals surface area contributed by atoms with Gasteiger partial charge in [0.05, 0.1) is 6.54 Å². The predicted molar refractivity (Wildman–Crippen MR) is 111 cm³/mol. The number of benzene rings is 2. The molecule has 0 spiro atoms. The van der Waals surface area contributed by atoms with Gasteiger partial charge in [-0.15, -0.1) is 24.0 Å². The van der Waals surface area contributed by atoms with Gasteiger partial charge in [-0.2, -0.15) is 0 Å². The van der Waals surface area contributed by atoms with Gasteiger partial charge in [0.2, 0.25) is 6.79 Å². The molecular formula is C19H22F2IN3O2. The monoisotopic (exact) mass is 489 g/mol. The molecule has 0 saturated heterocycles. The topological polar surface area (TPSA) is 54.9 Å². The Labute approximate surface area is 174 Å². The molecule has 0 aromatic heterocycles. The molecule has 1 aliphatic rings. The highest BCUT2D eigenvalue weighted by molar-refractivity contribution is 14.0. The molecule has 27 heavy (non-hydrogen) atoms. The van der Waals surface area contributed by atoms with Gasteiger partial charge in [-0.3, -0.25) is 0 Å². The summed E-state index contributed by atoms with van der Waals surface area (Å²) in [4.78, 5) is 4.32. The zero-order chi connectivity index (χ0) is 18.4. The highest BCUT2D eigenvalue weighted by Crippen LogP contribution is 2.32. The summed E-state index contributed by atoms with van der Waals surface area (Å²) in [5, 5.41) is 6.28. The molecule has 2 N–H and O–H groups in total. The Hall–Kier alpha value is -2.10. The van der Waals surface area contributed by atoms with Crippen molar-refractivity contribution in [1.29, 1.82) is 0 Å². The van der Waals surface area contributed by atoms with Crippen molar-refractivity contribution in [2.24, 2.45) is 4.99 Å². The number of rotatable bonds is 6. The molecule has 1 aliphatic heterocycles. The molecule has 0 atom stereocenters. The minimum atomic E-state index is -0.475. The number of aliphatic imine (C=N–C) groups is 1. The van der Waals surface area contributed by atoms with Crippen molar-refractivity contribution in [3.8, 4) is 11.5 Å². The highest BCUT2D eigenvalue weighted by Gasteiger charge is 2.13. The maximum absolute atomic E-state index is 13.7. The van der Waals surface area contributed by atoms with E-state index in [2.05, 4.69) is 15.6 Å². The van der Waals surface area contributed by atoms with E-state index in [9.17, 15) is 8.78 Å². The number of nitrogens with one attached hydrogen (secondary N) is 2. The Morgan fingerprint density at radius 1 is 1.07 bits per heavy atom. The first-order valence-electron chi connectivity index (χ1n) is 8.50. The van der Waals surface area contributed by atoms with Crippen LogP contribution in [0, 0.1) is 11.6 Å². The second-order valence-electron chi connectivity index (χ2n) is 5.80. The average Bonchev–Trinajstić information content (AvgIpc) is 3.10. The van der Waals surface area contributed by atoms with Crippen LogP contribution in [0.2, 0.25) is 0 Å². The lowest BCUT2D eigenvalue weighted by atomic mass is 10.1. The van der Waals surface area contributed by atoms with E-state index in [0.29, 0.717) is 19.0 Å². The Bertz CT molecular complexity index is 803. The third kappa shape index (κ3) is 5.95. The van der Waals surface area contributed by atoms with Gasteiger partial charge >= 0.3 is 0 Å². The lowest BCUT2D eigenvalue weighted by molar-refractivity contribution is 0.174. The number of hydrogen-bond acceptors (Lipinski definition) is 3. The summed E-state index contributed by atoms with van der Waals surface area (Å²) in [6.45, 7) is 3.56. The zero-order valence-corrected chi connectivity index (χ0v) is 17.3. The summed E-state index contributed by atoms with van der Waals surface area (Å²) in [5.41, 5.74) is 1.33. The number of ether oxygens (including phenoxy) is 2. The van der Waals surface area contributed by atoms with E-state index in [0.717, 1.165) is 41.7 Å². The average molecular weight is 489 g/mol. The van der Waals surface area contributed by atoms with E-state index in [4.69, 9.17) is 9.47 Å². The third-order valence-corrected chi connectivity index (χ3v) is 3.90. The minimum absolute atomic E-state index is 0. The lowest BCUT2D eigenvalue weighted by Gasteiger charge is -2.12. The molecule has 0 amide bonds. The molecule has 0 radical (unpaired) electrons. The SMILES string of the molecule is CCNC(=NCc1cc(F)ccc1F)NCCc1ccc2c(c1)OCO2.I. The molecule has 146 valence electrons. The van der Waals surface area contributed by atoms with Gasteiger partial charge in [-0.25, -0.2) is 13.8 Å². The smallest absolute Gasteiger partial charge is 0.231 e. The Morgan fingerprint density at radius 2 is 1.89 bits per heavy atom. The van der Waals surface area contributed by atoms with Crippen LogP contribution in [0.4, 0.5) is 8.78 Å². The molecule has 0 unspecified atom stereocenters. The fourth-order valence-electron chi connectivity index (χ4n) is 2.59. The van der Waals surface area contributed by atoms with Gasteiger partial charge in [-0.05, 0) is 49.2 Å². The first-order chi connectivity index (χ1) is 12.7. The molecular weight excluding hydrogens is 467 g/mol. The number of halogens is 3. The van der Waals surface area contributed by atoms with Gasteiger partial charge in [0.1, 0.15) is 11.6 Å². The molecule has 2 aromatic carbocycles. The summed E-state index contributed by atoms with van der Waals surface area (Å²) < 4.78 is 37.6. The van der Waals surface area contributed by atoms with Crippen molar-refractivity contribution in [3.63, 3.8) is 0 Å². The Balaban J connectivity index is 0.00000261. The lowest BCUT2D eigenvalue weighted by Crippen LogP contribution is -2.38. The van der Waals surface area contributed by atoms with E-state index >= 15 is 0 Å². The van der Waals surface area contributed by atoms with Gasteiger partial charge in [0.25, 0.3) is 0 Å². The normalized spacial score (nSPS) is 12.5. The summed E-state index contributed by atoms with van der Waals surface area (Å²) in [6, 6.07) is 9.20. The van der Waals surface area contributed by atoms with Crippen molar-refractivity contribution in [2.75, 3.05) is 19.9 Å². The van der Waals surface area contributed by atoms with Gasteiger partial charge in [0, 0.05) is 18.7 Å². The first kappa shape index (κ1) is 21.2. The van der Waals surface area contributed by atoms with Crippen LogP contribution in [0.25, 0.3) is 0 Å². The number of nitrogens with zero attached hydrogens (tertiary/aromatic N) is 1. The van der Waals surface area contributed by atoms with E-state index in [-0.39, 0.29) is 42.9 Å². The molecule has 0 saturated carbocycles. The first-order valence-corrected chi connectivity index (χ1v) is 8.50. The van der Waals surface area contributed by atoms with Crippen molar-refractivity contribution < 1.29 is 18.3 Å². The number of fused-ring (bicyclic) bond motifs is 1. The van der Waals surface area contributed by atoms with E-state index in [1.165, 1.54) is 0 Å². The van der Waals surface area contributed by atoms with Crippen molar-refractivity contribution >= 4 is 29.9 Å². The second-order valence-corrected chi connectivity index (χ2v) is 5.80. The largest absolute Gasteiger partial charge is 0.454 e. The minimum Gasteiger partial charge on any atom is -0.454 e. The summed E-state index contributed by atoms with van der Waals surface area (Å²) in [6.07, 6.45) is 0.759. The molecule has 2 aromatic rings. The van der Waals surface area contributed by atoms with Crippen LogP contribution in [0.1, 0.15) is 18.1 Å². The predicted octanol–water partition coefficient (Wildman–Crippen LogP) is 3.61. The molecule has 5 nitrogen and oxygen atoms in total. The standard InChI is InChI=1S/C19H21F2N3O2.HI/c1-2-22-19(24-11-14-10-15(20)4-5-16(14)21)23-8-7-13-3-6-17-18(9-13)26-12-25-17;/h3-6,9-10H,2,7-8,11-12H2,1H3,(H2,22,23,24);1H. The van der Waals surface area contributed by atoms with E-state index in [1.54, 1.807) is 0 Å². The van der Waals surface area contributed by atoms with Gasteiger partial charge in [-0.1, -0.05) is 6.07 Å². The number of hydrogen-bond donors (Lipinski definition) is 2. The highest BCUT2D eigenvalue weighted by atomic mass is 127. The maximum Gasteiger partial charge on any atom is 0.231 e. The summed E-state index contributed by atoms with van der Waals surface area (Å²) in [5.74, 6) is 1.12. The molecule has 3 rings (SSSR count). The van der Waals surface area contributed by atoms with Crippen LogP contribution < -0.4 is 20.1 Å². The van der Waals surface area contributed by atoms with Crippen molar-refractivity contribution in [1.82, 2.24) is 10.6 Å². The second kappa shape index (κ2) is 10.3. The molecule has 0 bridgehead atoms. The Kier molecular flexibility index (Phi) is 8.08. The molecule has 0 fully saturated rings.